The van der Waals surface area contributed by atoms with E-state index in [0.717, 1.165) is 18.8 Å². The van der Waals surface area contributed by atoms with Crippen molar-refractivity contribution in [2.45, 2.75) is 116 Å². The summed E-state index contributed by atoms with van der Waals surface area (Å²) in [5.41, 5.74) is 0. The molecule has 1 aliphatic heterocycles. The summed E-state index contributed by atoms with van der Waals surface area (Å²) in [6, 6.07) is 0. The molecule has 0 saturated carbocycles. The van der Waals surface area contributed by atoms with Gasteiger partial charge in [0.15, 0.2) is 11.7 Å². The van der Waals surface area contributed by atoms with Crippen molar-refractivity contribution in [2.24, 2.45) is 11.8 Å². The Hall–Kier alpha value is -1.17. The highest BCUT2D eigenvalue weighted by molar-refractivity contribution is 5.88. The first-order chi connectivity index (χ1) is 16.1. The lowest BCUT2D eigenvalue weighted by Crippen LogP contribution is -3.00. The van der Waals surface area contributed by atoms with Gasteiger partial charge in [0.05, 0.1) is 20.5 Å². The van der Waals surface area contributed by atoms with Gasteiger partial charge in [0.1, 0.15) is 6.54 Å². The smallest absolute Gasteiger partial charge is 0.374 e. The lowest BCUT2D eigenvalue weighted by Gasteiger charge is -2.44. The molecule has 204 valence electrons. The normalized spacial score (nSPS) is 21.1. The maximum Gasteiger partial charge on any atom is 0.374 e. The van der Waals surface area contributed by atoms with Crippen molar-refractivity contribution >= 4 is 11.8 Å². The number of carbonyl (C=O) groups is 2. The van der Waals surface area contributed by atoms with E-state index >= 15 is 0 Å². The standard InChI is InChI=1S/C29H52NO4.ClH/c1-6-24-30(4,5)29(33)26(27(31)22-23-28(32)34-29)21-19-17-15-13-11-9-7-8-10-12-14-16-18-20-25(2)3;/h6,19,21,25-26,33H,1,7-18,20,22-24H2,2-5H3;1H/q+1;/p-1. The van der Waals surface area contributed by atoms with Crippen LogP contribution in [0.3, 0.4) is 0 Å². The van der Waals surface area contributed by atoms with Crippen LogP contribution in [0.4, 0.5) is 0 Å². The molecule has 1 fully saturated rings. The number of esters is 1. The summed E-state index contributed by atoms with van der Waals surface area (Å²) >= 11 is 0. The molecule has 0 aromatic heterocycles. The molecular weight excluding hydrogens is 462 g/mol. The van der Waals surface area contributed by atoms with Crippen molar-refractivity contribution in [3.8, 4) is 0 Å². The maximum atomic E-state index is 12.7. The topological polar surface area (TPSA) is 63.6 Å². The Morgan fingerprint density at radius 3 is 2.00 bits per heavy atom. The number of hydrogen-bond acceptors (Lipinski definition) is 4. The molecule has 0 aromatic rings. The summed E-state index contributed by atoms with van der Waals surface area (Å²) in [6.07, 6.45) is 22.1. The fourth-order valence-corrected chi connectivity index (χ4v) is 4.70. The van der Waals surface area contributed by atoms with Crippen molar-refractivity contribution in [3.63, 3.8) is 0 Å². The van der Waals surface area contributed by atoms with Gasteiger partial charge in [0.2, 0.25) is 0 Å². The van der Waals surface area contributed by atoms with Crippen LogP contribution in [0.2, 0.25) is 0 Å². The van der Waals surface area contributed by atoms with Gasteiger partial charge in [0, 0.05) is 6.42 Å². The molecule has 0 radical (unpaired) electrons. The number of unbranched alkanes of at least 4 members (excludes halogenated alkanes) is 11. The molecule has 0 spiro atoms. The van der Waals surface area contributed by atoms with Crippen LogP contribution in [0.1, 0.15) is 110 Å². The molecule has 1 rings (SSSR count). The molecule has 0 bridgehead atoms. The van der Waals surface area contributed by atoms with Crippen LogP contribution in [0.25, 0.3) is 0 Å². The fourth-order valence-electron chi connectivity index (χ4n) is 4.70. The summed E-state index contributed by atoms with van der Waals surface area (Å²) in [6.45, 7) is 8.72. The molecular formula is C29H52ClNO4. The second-order valence-electron chi connectivity index (χ2n) is 11.0. The lowest BCUT2D eigenvalue weighted by atomic mass is 9.94. The second kappa shape index (κ2) is 18.1. The molecule has 35 heavy (non-hydrogen) atoms. The second-order valence-corrected chi connectivity index (χ2v) is 11.0. The van der Waals surface area contributed by atoms with E-state index in [0.29, 0.717) is 6.54 Å². The van der Waals surface area contributed by atoms with Crippen LogP contribution in [0, 0.1) is 11.8 Å². The van der Waals surface area contributed by atoms with Gasteiger partial charge >= 0.3 is 11.9 Å². The minimum Gasteiger partial charge on any atom is -1.00 e. The molecule has 0 aromatic carbocycles. The fraction of sp³-hybridized carbons (Fsp3) is 0.793. The number of likely N-dealkylation sites (N-methyl/N-ethyl adjacent to an activating group) is 1. The van der Waals surface area contributed by atoms with Crippen molar-refractivity contribution < 1.29 is 36.3 Å². The summed E-state index contributed by atoms with van der Waals surface area (Å²) in [5.74, 6) is -2.62. The van der Waals surface area contributed by atoms with Crippen LogP contribution in [-0.4, -0.2) is 47.9 Å². The minimum absolute atomic E-state index is 0. The Kier molecular flexibility index (Phi) is 17.5. The van der Waals surface area contributed by atoms with Crippen LogP contribution < -0.4 is 12.4 Å². The molecule has 2 atom stereocenters. The largest absolute Gasteiger partial charge is 1.00 e. The summed E-state index contributed by atoms with van der Waals surface area (Å²) in [5, 5.41) is 11.3. The number of Topliss-reactive ketones (excluding diaryl/α,β-unsaturated/α-hetero) is 1. The van der Waals surface area contributed by atoms with Crippen LogP contribution in [-0.2, 0) is 14.3 Å². The van der Waals surface area contributed by atoms with E-state index in [4.69, 9.17) is 4.74 Å². The van der Waals surface area contributed by atoms with Crippen molar-refractivity contribution in [2.75, 3.05) is 20.6 Å². The third kappa shape index (κ3) is 12.6. The minimum atomic E-state index is -1.91. The van der Waals surface area contributed by atoms with Gasteiger partial charge in [0.25, 0.3) is 0 Å². The highest BCUT2D eigenvalue weighted by Crippen LogP contribution is 2.34. The highest BCUT2D eigenvalue weighted by atomic mass is 35.5. The molecule has 1 N–H and O–H groups in total. The molecule has 1 saturated heterocycles. The molecule has 1 heterocycles. The van der Waals surface area contributed by atoms with Gasteiger partial charge in [-0.1, -0.05) is 103 Å². The quantitative estimate of drug-likeness (QED) is 0.0997. The zero-order chi connectivity index (χ0) is 25.5. The van der Waals surface area contributed by atoms with E-state index < -0.39 is 17.8 Å². The Labute approximate surface area is 221 Å². The van der Waals surface area contributed by atoms with E-state index in [9.17, 15) is 14.7 Å². The first-order valence-electron chi connectivity index (χ1n) is 13.7. The molecule has 0 aliphatic carbocycles. The number of aliphatic hydroxyl groups is 1. The summed E-state index contributed by atoms with van der Waals surface area (Å²) in [4.78, 5) is 24.8. The molecule has 6 heteroatoms. The van der Waals surface area contributed by atoms with Crippen molar-refractivity contribution in [1.82, 2.24) is 0 Å². The number of rotatable bonds is 18. The van der Waals surface area contributed by atoms with Crippen molar-refractivity contribution in [3.05, 3.63) is 24.8 Å². The summed E-state index contributed by atoms with van der Waals surface area (Å²) in [7, 11) is 3.50. The predicted octanol–water partition coefficient (Wildman–Crippen LogP) is 3.70. The van der Waals surface area contributed by atoms with Gasteiger partial charge in [-0.05, 0) is 24.8 Å². The van der Waals surface area contributed by atoms with Gasteiger partial charge < -0.3 is 22.3 Å². The van der Waals surface area contributed by atoms with Gasteiger partial charge in [-0.15, -0.1) is 0 Å². The Balaban J connectivity index is 0.0000116. The van der Waals surface area contributed by atoms with Crippen LogP contribution in [0.15, 0.2) is 24.8 Å². The van der Waals surface area contributed by atoms with Gasteiger partial charge in [-0.25, -0.2) is 0 Å². The zero-order valence-corrected chi connectivity index (χ0v) is 23.7. The zero-order valence-electron chi connectivity index (χ0n) is 22.9. The van der Waals surface area contributed by atoms with E-state index in [2.05, 4.69) is 20.4 Å². The van der Waals surface area contributed by atoms with E-state index in [1.165, 1.54) is 70.6 Å². The molecule has 0 amide bonds. The third-order valence-corrected chi connectivity index (χ3v) is 7.03. The summed E-state index contributed by atoms with van der Waals surface area (Å²) < 4.78 is 5.39. The van der Waals surface area contributed by atoms with Crippen LogP contribution >= 0.6 is 0 Å². The first-order valence-corrected chi connectivity index (χ1v) is 13.7. The lowest BCUT2D eigenvalue weighted by molar-refractivity contribution is -0.990. The Morgan fingerprint density at radius 2 is 1.49 bits per heavy atom. The van der Waals surface area contributed by atoms with Crippen molar-refractivity contribution in [1.29, 1.82) is 0 Å². The number of halogens is 1. The number of nitrogens with zero attached hydrogens (tertiary/aromatic N) is 1. The Morgan fingerprint density at radius 1 is 0.971 bits per heavy atom. The molecule has 1 aliphatic rings. The monoisotopic (exact) mass is 513 g/mol. The highest BCUT2D eigenvalue weighted by Gasteiger charge is 2.57. The number of quaternary nitrogens is 1. The number of ketones is 1. The average molecular weight is 514 g/mol. The molecule has 2 unspecified atom stereocenters. The number of allylic oxidation sites excluding steroid dienone is 1. The van der Waals surface area contributed by atoms with E-state index in [1.54, 1.807) is 26.2 Å². The molecule has 5 nitrogen and oxygen atoms in total. The van der Waals surface area contributed by atoms with Crippen LogP contribution in [0.5, 0.6) is 0 Å². The van der Waals surface area contributed by atoms with Gasteiger partial charge in [-0.2, -0.15) is 0 Å². The Bertz CT molecular complexity index is 647. The number of ether oxygens (including phenoxy) is 1. The number of carbonyl (C=O) groups excluding carboxylic acids is 2. The van der Waals surface area contributed by atoms with E-state index in [-0.39, 0.29) is 35.5 Å². The maximum absolute atomic E-state index is 12.7. The predicted molar refractivity (Wildman–Crippen MR) is 140 cm³/mol. The van der Waals surface area contributed by atoms with E-state index in [1.807, 2.05) is 6.08 Å². The first kappa shape index (κ1) is 33.8. The van der Waals surface area contributed by atoms with Gasteiger partial charge in [-0.3, -0.25) is 14.1 Å². The SMILES string of the molecule is C=CC[N+](C)(C)C1(O)OC(=O)CCC(=O)C1C=CCCCCCCCCCCCCCC(C)C.[Cl-]. The average Bonchev–Trinajstić information content (AvgIpc) is 2.87. The third-order valence-electron chi connectivity index (χ3n) is 7.03. The number of cyclic esters (lactones) is 1. The number of hydrogen-bond donors (Lipinski definition) is 1.